The van der Waals surface area contributed by atoms with Crippen LogP contribution in [0.2, 0.25) is 0 Å². The Hall–Kier alpha value is -1.34. The summed E-state index contributed by atoms with van der Waals surface area (Å²) in [5, 5.41) is 23.0. The fourth-order valence-corrected chi connectivity index (χ4v) is 15.9. The minimum Gasteiger partial charge on any atom is -0.393 e. The first kappa shape index (κ1) is 44.7. The van der Waals surface area contributed by atoms with Crippen LogP contribution in [0.3, 0.4) is 0 Å². The summed E-state index contributed by atoms with van der Waals surface area (Å²) in [7, 11) is 0. The van der Waals surface area contributed by atoms with E-state index < -0.39 is 0 Å². The lowest BCUT2D eigenvalue weighted by Crippen LogP contribution is -2.59. The Morgan fingerprint density at radius 1 is 0.552 bits per heavy atom. The molecule has 8 rings (SSSR count). The van der Waals surface area contributed by atoms with Gasteiger partial charge in [0.05, 0.1) is 23.4 Å². The van der Waals surface area contributed by atoms with Gasteiger partial charge in [-0.15, -0.1) is 0 Å². The summed E-state index contributed by atoms with van der Waals surface area (Å²) in [5.74, 6) is 3.57. The molecule has 0 aliphatic heterocycles. The molecular formula is C52H84O6. The van der Waals surface area contributed by atoms with E-state index in [0.717, 1.165) is 90.3 Å². The summed E-state index contributed by atoms with van der Waals surface area (Å²) in [6, 6.07) is 0. The predicted octanol–water partition coefficient (Wildman–Crippen LogP) is 11.7. The van der Waals surface area contributed by atoms with Crippen molar-refractivity contribution in [2.75, 3.05) is 13.2 Å². The molecule has 2 N–H and O–H groups in total. The number of ketones is 2. The molecule has 0 bridgehead atoms. The van der Waals surface area contributed by atoms with Gasteiger partial charge < -0.3 is 19.7 Å². The minimum absolute atomic E-state index is 0.0115. The molecule has 58 heavy (non-hydrogen) atoms. The van der Waals surface area contributed by atoms with Gasteiger partial charge in [-0.2, -0.15) is 0 Å². The van der Waals surface area contributed by atoms with Gasteiger partial charge in [-0.3, -0.25) is 9.59 Å². The zero-order valence-electron chi connectivity index (χ0n) is 38.3. The molecule has 8 aliphatic rings. The molecule has 0 aromatic rings. The number of hydrogen-bond acceptors (Lipinski definition) is 6. The van der Waals surface area contributed by atoms with Crippen molar-refractivity contribution >= 4 is 11.6 Å². The zero-order valence-corrected chi connectivity index (χ0v) is 38.3. The smallest absolute Gasteiger partial charge is 0.155 e. The van der Waals surface area contributed by atoms with Gasteiger partial charge in [0.15, 0.2) is 11.6 Å². The molecular weight excluding hydrogens is 721 g/mol. The molecule has 328 valence electrons. The average Bonchev–Trinajstić information content (AvgIpc) is 3.59. The molecule has 0 amide bonds. The van der Waals surface area contributed by atoms with E-state index in [1.165, 1.54) is 62.5 Å². The van der Waals surface area contributed by atoms with Crippen LogP contribution in [0, 0.1) is 57.2 Å². The summed E-state index contributed by atoms with van der Waals surface area (Å²) >= 11 is 0. The third-order valence-electron chi connectivity index (χ3n) is 19.7. The van der Waals surface area contributed by atoms with Gasteiger partial charge >= 0.3 is 0 Å². The highest BCUT2D eigenvalue weighted by Gasteiger charge is 2.67. The van der Waals surface area contributed by atoms with Crippen molar-refractivity contribution in [2.45, 2.75) is 220 Å². The third kappa shape index (κ3) is 7.52. The van der Waals surface area contributed by atoms with Crippen LogP contribution in [-0.2, 0) is 19.1 Å². The van der Waals surface area contributed by atoms with Gasteiger partial charge in [-0.05, 0) is 162 Å². The molecule has 6 fully saturated rings. The Kier molecular flexibility index (Phi) is 13.2. The Bertz CT molecular complexity index is 1450. The van der Waals surface area contributed by atoms with E-state index in [-0.39, 0.29) is 56.6 Å². The van der Waals surface area contributed by atoms with Gasteiger partial charge in [0, 0.05) is 36.9 Å². The largest absolute Gasteiger partial charge is 0.393 e. The number of carbonyl (C=O) groups excluding carboxylic acids is 2. The number of hydrogen-bond donors (Lipinski definition) is 2. The van der Waals surface area contributed by atoms with Crippen molar-refractivity contribution in [1.29, 1.82) is 0 Å². The fourth-order valence-electron chi connectivity index (χ4n) is 15.9. The number of ether oxygens (including phenoxy) is 2. The number of allylic oxidation sites excluding steroid dienone is 2. The molecule has 0 spiro atoms. The molecule has 0 heterocycles. The second-order valence-electron chi connectivity index (χ2n) is 22.5. The molecule has 0 radical (unpaired) electrons. The van der Waals surface area contributed by atoms with Gasteiger partial charge in [0.2, 0.25) is 0 Å². The Balaban J connectivity index is 0.000000177. The van der Waals surface area contributed by atoms with Crippen LogP contribution in [-0.4, -0.2) is 58.4 Å². The van der Waals surface area contributed by atoms with Crippen LogP contribution in [0.15, 0.2) is 23.3 Å². The van der Waals surface area contributed by atoms with Crippen LogP contribution in [0.1, 0.15) is 197 Å². The lowest BCUT2D eigenvalue weighted by molar-refractivity contribution is -0.184. The molecule has 0 aromatic carbocycles. The van der Waals surface area contributed by atoms with Crippen molar-refractivity contribution < 1.29 is 29.3 Å². The van der Waals surface area contributed by atoms with Crippen LogP contribution in [0.4, 0.5) is 0 Å². The maximum Gasteiger partial charge on any atom is 0.155 e. The van der Waals surface area contributed by atoms with E-state index in [2.05, 4.69) is 55.4 Å². The van der Waals surface area contributed by atoms with Gasteiger partial charge in [0.1, 0.15) is 0 Å². The van der Waals surface area contributed by atoms with Crippen LogP contribution < -0.4 is 0 Å². The third-order valence-corrected chi connectivity index (χ3v) is 19.7. The Labute approximate surface area is 353 Å². The summed E-state index contributed by atoms with van der Waals surface area (Å²) < 4.78 is 13.2. The minimum atomic E-state index is -0.288. The molecule has 0 saturated heterocycles. The lowest BCUT2D eigenvalue weighted by Gasteiger charge is -2.61. The maximum atomic E-state index is 12.0. The maximum absolute atomic E-state index is 12.0. The van der Waals surface area contributed by atoms with Crippen LogP contribution in [0.5, 0.6) is 0 Å². The van der Waals surface area contributed by atoms with E-state index in [9.17, 15) is 19.8 Å². The molecule has 0 aromatic heterocycles. The highest BCUT2D eigenvalue weighted by molar-refractivity contribution is 5.92. The number of aliphatic hydroxyl groups excluding tert-OH is 2. The first-order chi connectivity index (χ1) is 27.5. The molecule has 14 atom stereocenters. The van der Waals surface area contributed by atoms with Crippen LogP contribution >= 0.6 is 0 Å². The number of carbonyl (C=O) groups is 2. The van der Waals surface area contributed by atoms with Crippen molar-refractivity contribution in [3.05, 3.63) is 23.3 Å². The Morgan fingerprint density at radius 2 is 0.948 bits per heavy atom. The fraction of sp³-hybridized carbons (Fsp3) is 0.885. The second kappa shape index (κ2) is 17.1. The number of aliphatic hydroxyl groups is 2. The first-order valence-electron chi connectivity index (χ1n) is 24.6. The molecule has 6 nitrogen and oxygen atoms in total. The summed E-state index contributed by atoms with van der Waals surface area (Å²) in [4.78, 5) is 24.1. The number of rotatable bonds is 12. The summed E-state index contributed by atoms with van der Waals surface area (Å²) in [5.41, 5.74) is 2.55. The molecule has 6 heteroatoms. The SMILES string of the molecule is CCCCCCO[C@@]1(C)CCC2C3CCC4=CC(=O)CCC4(C)C3C(O)CC21C.CCCCCCO[C@@]1(C)CCC2C3CCC4=CC(=O)CCC4(C)C3C(O)CC21C. The first-order valence-corrected chi connectivity index (χ1v) is 24.6. The molecule has 12 unspecified atom stereocenters. The number of unbranched alkanes of at least 4 members (excludes halogenated alkanes) is 6. The average molecular weight is 805 g/mol. The quantitative estimate of drug-likeness (QED) is 0.191. The van der Waals surface area contributed by atoms with Gasteiger partial charge in [-0.25, -0.2) is 0 Å². The predicted molar refractivity (Wildman–Crippen MR) is 233 cm³/mol. The van der Waals surface area contributed by atoms with Crippen molar-refractivity contribution in [2.24, 2.45) is 57.2 Å². The highest BCUT2D eigenvalue weighted by atomic mass is 16.5. The zero-order chi connectivity index (χ0) is 41.7. The summed E-state index contributed by atoms with van der Waals surface area (Å²) in [6.07, 6.45) is 27.1. The van der Waals surface area contributed by atoms with E-state index in [4.69, 9.17) is 9.47 Å². The van der Waals surface area contributed by atoms with E-state index >= 15 is 0 Å². The monoisotopic (exact) mass is 805 g/mol. The molecule has 8 aliphatic carbocycles. The second-order valence-corrected chi connectivity index (χ2v) is 22.5. The standard InChI is InChI=1S/2C26H42O3/c2*1-5-6-7-8-15-29-26(4)14-12-21-20-10-9-18-16-19(27)11-13-24(18,2)23(20)22(28)17-25(21,26)3/h2*16,20-23,28H,5-15,17H2,1-4H3/t2*20?,21?,22?,23?,24?,25?,26-/m00/s1. The van der Waals surface area contributed by atoms with E-state index in [0.29, 0.717) is 48.3 Å². The van der Waals surface area contributed by atoms with E-state index in [1.807, 2.05) is 12.2 Å². The van der Waals surface area contributed by atoms with Crippen LogP contribution in [0.25, 0.3) is 0 Å². The van der Waals surface area contributed by atoms with Crippen molar-refractivity contribution in [3.8, 4) is 0 Å². The summed E-state index contributed by atoms with van der Waals surface area (Å²) in [6.45, 7) is 20.4. The molecule has 6 saturated carbocycles. The van der Waals surface area contributed by atoms with Crippen molar-refractivity contribution in [3.63, 3.8) is 0 Å². The number of fused-ring (bicyclic) bond motifs is 10. The highest BCUT2D eigenvalue weighted by Crippen LogP contribution is 2.70. The normalized spacial score (nSPS) is 46.7. The van der Waals surface area contributed by atoms with Gasteiger partial charge in [0.25, 0.3) is 0 Å². The topological polar surface area (TPSA) is 93.1 Å². The van der Waals surface area contributed by atoms with E-state index in [1.54, 1.807) is 0 Å². The van der Waals surface area contributed by atoms with Crippen molar-refractivity contribution in [1.82, 2.24) is 0 Å². The van der Waals surface area contributed by atoms with Gasteiger partial charge in [-0.1, -0.05) is 91.2 Å². The Morgan fingerprint density at radius 3 is 1.33 bits per heavy atom. The lowest BCUT2D eigenvalue weighted by atomic mass is 9.45.